The molecule has 0 saturated carbocycles. The predicted molar refractivity (Wildman–Crippen MR) is 61.1 cm³/mol. The summed E-state index contributed by atoms with van der Waals surface area (Å²) in [6.07, 6.45) is 1.66. The molecule has 0 amide bonds. The van der Waals surface area contributed by atoms with Gasteiger partial charge in [-0.2, -0.15) is 0 Å². The average Bonchev–Trinajstić information content (AvgIpc) is 2.29. The molecule has 2 heteroatoms. The molecule has 0 aliphatic rings. The quantitative estimate of drug-likeness (QED) is 0.652. The second kappa shape index (κ2) is 4.30. The Balaban J connectivity index is 2.31. The summed E-state index contributed by atoms with van der Waals surface area (Å²) in [6, 6.07) is 13.5. The molecule has 0 fully saturated rings. The minimum absolute atomic E-state index is 0.473. The van der Waals surface area contributed by atoms with E-state index in [1.165, 1.54) is 0 Å². The van der Waals surface area contributed by atoms with Crippen molar-refractivity contribution in [3.63, 3.8) is 0 Å². The number of nitrogens with zero attached hydrogens (tertiary/aromatic N) is 1. The zero-order valence-electron chi connectivity index (χ0n) is 8.14. The Morgan fingerprint density at radius 3 is 2.47 bits per heavy atom. The second-order valence-corrected chi connectivity index (χ2v) is 3.05. The molecule has 0 spiro atoms. The summed E-state index contributed by atoms with van der Waals surface area (Å²) < 4.78 is 0. The van der Waals surface area contributed by atoms with Gasteiger partial charge in [-0.15, -0.1) is 0 Å². The van der Waals surface area contributed by atoms with Crippen LogP contribution in [-0.2, 0) is 0 Å². The van der Waals surface area contributed by atoms with E-state index in [4.69, 9.17) is 5.73 Å². The minimum Gasteiger partial charge on any atom is -0.383 e. The summed E-state index contributed by atoms with van der Waals surface area (Å²) in [5.74, 6) is 6.50. The van der Waals surface area contributed by atoms with Crippen LogP contribution in [0.5, 0.6) is 0 Å². The fourth-order valence-corrected chi connectivity index (χ4v) is 1.18. The molecule has 2 aromatic rings. The van der Waals surface area contributed by atoms with Gasteiger partial charge in [0.15, 0.2) is 0 Å². The summed E-state index contributed by atoms with van der Waals surface area (Å²) >= 11 is 0. The highest BCUT2D eigenvalue weighted by Crippen LogP contribution is 2.04. The second-order valence-electron chi connectivity index (χ2n) is 3.05. The topological polar surface area (TPSA) is 38.9 Å². The number of nitrogens with two attached hydrogens (primary N) is 1. The van der Waals surface area contributed by atoms with Crippen molar-refractivity contribution < 1.29 is 0 Å². The molecule has 0 aliphatic carbocycles. The maximum Gasteiger partial charge on any atom is 0.139 e. The molecule has 2 nitrogen and oxygen atoms in total. The van der Waals surface area contributed by atoms with Gasteiger partial charge in [-0.25, -0.2) is 4.98 Å². The van der Waals surface area contributed by atoms with E-state index in [0.29, 0.717) is 5.82 Å². The Hall–Kier alpha value is -2.27. The molecule has 2 N–H and O–H groups in total. The fourth-order valence-electron chi connectivity index (χ4n) is 1.18. The number of aromatic nitrogens is 1. The Morgan fingerprint density at radius 2 is 1.73 bits per heavy atom. The van der Waals surface area contributed by atoms with Crippen molar-refractivity contribution in [1.82, 2.24) is 4.98 Å². The zero-order valence-corrected chi connectivity index (χ0v) is 8.14. The van der Waals surface area contributed by atoms with Crippen LogP contribution in [0.15, 0.2) is 48.7 Å². The van der Waals surface area contributed by atoms with E-state index in [1.54, 1.807) is 6.20 Å². The highest BCUT2D eigenvalue weighted by atomic mass is 14.8. The van der Waals surface area contributed by atoms with Crippen molar-refractivity contribution in [2.45, 2.75) is 0 Å². The van der Waals surface area contributed by atoms with E-state index in [0.717, 1.165) is 11.1 Å². The summed E-state index contributed by atoms with van der Waals surface area (Å²) in [6.45, 7) is 0. The molecule has 2 rings (SSSR count). The number of pyridine rings is 1. The van der Waals surface area contributed by atoms with Crippen molar-refractivity contribution in [2.75, 3.05) is 5.73 Å². The van der Waals surface area contributed by atoms with Gasteiger partial charge in [0, 0.05) is 11.8 Å². The molecule has 0 unspecified atom stereocenters. The minimum atomic E-state index is 0.473. The van der Waals surface area contributed by atoms with Crippen LogP contribution in [0, 0.1) is 11.8 Å². The highest BCUT2D eigenvalue weighted by Gasteiger charge is 1.92. The molecule has 15 heavy (non-hydrogen) atoms. The Kier molecular flexibility index (Phi) is 2.66. The third-order valence-electron chi connectivity index (χ3n) is 1.95. The molecule has 72 valence electrons. The Labute approximate surface area is 88.8 Å². The van der Waals surface area contributed by atoms with E-state index < -0.39 is 0 Å². The SMILES string of the molecule is Nc1ncccc1C#Cc1ccccc1. The van der Waals surface area contributed by atoms with Crippen LogP contribution in [0.4, 0.5) is 5.82 Å². The number of hydrogen-bond acceptors (Lipinski definition) is 2. The lowest BCUT2D eigenvalue weighted by Crippen LogP contribution is -1.92. The number of nitrogen functional groups attached to an aromatic ring is 1. The molecular formula is C13H10N2. The summed E-state index contributed by atoms with van der Waals surface area (Å²) in [5.41, 5.74) is 7.41. The van der Waals surface area contributed by atoms with E-state index in [9.17, 15) is 0 Å². The molecule has 0 aliphatic heterocycles. The van der Waals surface area contributed by atoms with Gasteiger partial charge in [-0.3, -0.25) is 0 Å². The van der Waals surface area contributed by atoms with Crippen molar-refractivity contribution in [3.05, 3.63) is 59.8 Å². The van der Waals surface area contributed by atoms with Crippen molar-refractivity contribution >= 4 is 5.82 Å². The van der Waals surface area contributed by atoms with Crippen molar-refractivity contribution in [3.8, 4) is 11.8 Å². The standard InChI is InChI=1S/C13H10N2/c14-13-12(7-4-10-15-13)9-8-11-5-2-1-3-6-11/h1-7,10H,(H2,14,15). The normalized spacial score (nSPS) is 9.07. The van der Waals surface area contributed by atoms with Crippen LogP contribution >= 0.6 is 0 Å². The Bertz CT molecular complexity index is 507. The van der Waals surface area contributed by atoms with Crippen LogP contribution in [0.3, 0.4) is 0 Å². The molecule has 0 saturated heterocycles. The lowest BCUT2D eigenvalue weighted by atomic mass is 10.2. The molecule has 0 radical (unpaired) electrons. The molecule has 1 heterocycles. The number of hydrogen-bond donors (Lipinski definition) is 1. The monoisotopic (exact) mass is 194 g/mol. The maximum atomic E-state index is 5.67. The maximum absolute atomic E-state index is 5.67. The van der Waals surface area contributed by atoms with Crippen LogP contribution in [0.25, 0.3) is 0 Å². The van der Waals surface area contributed by atoms with E-state index in [-0.39, 0.29) is 0 Å². The third-order valence-corrected chi connectivity index (χ3v) is 1.95. The van der Waals surface area contributed by atoms with Gasteiger partial charge in [0.05, 0.1) is 5.56 Å². The smallest absolute Gasteiger partial charge is 0.139 e. The zero-order chi connectivity index (χ0) is 10.5. The van der Waals surface area contributed by atoms with Gasteiger partial charge < -0.3 is 5.73 Å². The van der Waals surface area contributed by atoms with Crippen LogP contribution < -0.4 is 5.73 Å². The van der Waals surface area contributed by atoms with Gasteiger partial charge in [0.2, 0.25) is 0 Å². The molecule has 1 aromatic carbocycles. The van der Waals surface area contributed by atoms with Gasteiger partial charge in [0.1, 0.15) is 5.82 Å². The van der Waals surface area contributed by atoms with Gasteiger partial charge in [-0.1, -0.05) is 30.0 Å². The van der Waals surface area contributed by atoms with Gasteiger partial charge >= 0.3 is 0 Å². The first kappa shape index (κ1) is 9.29. The first-order valence-electron chi connectivity index (χ1n) is 4.64. The molecule has 0 atom stereocenters. The average molecular weight is 194 g/mol. The lowest BCUT2D eigenvalue weighted by Gasteiger charge is -1.93. The number of benzene rings is 1. The van der Waals surface area contributed by atoms with E-state index in [2.05, 4.69) is 16.8 Å². The van der Waals surface area contributed by atoms with Crippen molar-refractivity contribution in [2.24, 2.45) is 0 Å². The van der Waals surface area contributed by atoms with Gasteiger partial charge in [-0.05, 0) is 24.3 Å². The van der Waals surface area contributed by atoms with Crippen LogP contribution in [0.1, 0.15) is 11.1 Å². The molecule has 1 aromatic heterocycles. The van der Waals surface area contributed by atoms with E-state index in [1.807, 2.05) is 42.5 Å². The number of rotatable bonds is 0. The first-order valence-corrected chi connectivity index (χ1v) is 4.64. The van der Waals surface area contributed by atoms with E-state index >= 15 is 0 Å². The first-order chi connectivity index (χ1) is 7.36. The lowest BCUT2D eigenvalue weighted by molar-refractivity contribution is 1.32. The summed E-state index contributed by atoms with van der Waals surface area (Å²) in [7, 11) is 0. The Morgan fingerprint density at radius 1 is 0.933 bits per heavy atom. The largest absolute Gasteiger partial charge is 0.383 e. The van der Waals surface area contributed by atoms with Crippen LogP contribution in [0.2, 0.25) is 0 Å². The highest BCUT2D eigenvalue weighted by molar-refractivity contribution is 5.52. The third kappa shape index (κ3) is 2.35. The molecule has 0 bridgehead atoms. The summed E-state index contributed by atoms with van der Waals surface area (Å²) in [4.78, 5) is 3.97. The molecular weight excluding hydrogens is 184 g/mol. The van der Waals surface area contributed by atoms with Crippen molar-refractivity contribution in [1.29, 1.82) is 0 Å². The predicted octanol–water partition coefficient (Wildman–Crippen LogP) is 2.06. The van der Waals surface area contributed by atoms with Gasteiger partial charge in [0.25, 0.3) is 0 Å². The summed E-state index contributed by atoms with van der Waals surface area (Å²) in [5, 5.41) is 0. The fraction of sp³-hybridized carbons (Fsp3) is 0. The van der Waals surface area contributed by atoms with Crippen LogP contribution in [-0.4, -0.2) is 4.98 Å². The number of anilines is 1.